The number of ether oxygens (including phenoxy) is 1. The first kappa shape index (κ1) is 25.7. The molecule has 3 aromatic rings. The van der Waals surface area contributed by atoms with Crippen molar-refractivity contribution in [1.82, 2.24) is 4.90 Å². The normalized spacial score (nSPS) is 16.9. The molecule has 1 aliphatic heterocycles. The molecular weight excluding hydrogens is 521 g/mol. The molecule has 11 heteroatoms. The number of likely N-dealkylation sites (tertiary alicyclic amines) is 1. The van der Waals surface area contributed by atoms with E-state index in [1.54, 1.807) is 18.2 Å². The van der Waals surface area contributed by atoms with Gasteiger partial charge in [0.25, 0.3) is 10.0 Å². The second-order valence-electron chi connectivity index (χ2n) is 8.11. The molecule has 0 aromatic heterocycles. The Balaban J connectivity index is 1.53. The lowest BCUT2D eigenvalue weighted by Gasteiger charge is -2.19. The van der Waals surface area contributed by atoms with Gasteiger partial charge in [-0.15, -0.1) is 0 Å². The Morgan fingerprint density at radius 3 is 2.43 bits per heavy atom. The van der Waals surface area contributed by atoms with E-state index in [2.05, 4.69) is 4.72 Å². The average molecular weight is 543 g/mol. The number of likely N-dealkylation sites (N-methyl/N-ethyl adjacent to an activating group) is 1. The van der Waals surface area contributed by atoms with Crippen molar-refractivity contribution in [2.45, 2.75) is 33.4 Å². The summed E-state index contributed by atoms with van der Waals surface area (Å²) in [7, 11) is -2.18. The highest BCUT2D eigenvalue weighted by atomic mass is 35.5. The van der Waals surface area contributed by atoms with Crippen LogP contribution in [0.4, 0.5) is 18.9 Å². The summed E-state index contributed by atoms with van der Waals surface area (Å²) in [5.41, 5.74) is -0.968. The van der Waals surface area contributed by atoms with Crippen LogP contribution in [0.1, 0.15) is 12.0 Å². The lowest BCUT2D eigenvalue weighted by atomic mass is 10.1. The number of alkyl halides is 3. The van der Waals surface area contributed by atoms with Crippen LogP contribution >= 0.6 is 23.4 Å². The Morgan fingerprint density at radius 2 is 1.80 bits per heavy atom. The highest BCUT2D eigenvalue weighted by Crippen LogP contribution is 2.39. The maximum Gasteiger partial charge on any atom is 0.419 e. The Kier molecular flexibility index (Phi) is 7.56. The summed E-state index contributed by atoms with van der Waals surface area (Å²) < 4.78 is 74.3. The smallest absolute Gasteiger partial charge is 0.419 e. The number of anilines is 1. The summed E-state index contributed by atoms with van der Waals surface area (Å²) >= 11 is 7.56. The van der Waals surface area contributed by atoms with Crippen LogP contribution in [0.2, 0.25) is 5.02 Å². The van der Waals surface area contributed by atoms with E-state index in [-0.39, 0.29) is 10.6 Å². The van der Waals surface area contributed by atoms with Crippen molar-refractivity contribution in [3.8, 4) is 5.75 Å². The van der Waals surface area contributed by atoms with Gasteiger partial charge in [0.2, 0.25) is 0 Å². The Morgan fingerprint density at radius 1 is 1.09 bits per heavy atom. The molecule has 1 N–H and O–H groups in total. The zero-order valence-corrected chi connectivity index (χ0v) is 20.9. The first-order valence-electron chi connectivity index (χ1n) is 10.6. The van der Waals surface area contributed by atoms with Gasteiger partial charge < -0.3 is 9.64 Å². The third kappa shape index (κ3) is 6.43. The molecule has 1 fully saturated rings. The zero-order valence-electron chi connectivity index (χ0n) is 18.5. The van der Waals surface area contributed by atoms with Crippen molar-refractivity contribution in [2.75, 3.05) is 24.9 Å². The number of hydrogen-bond acceptors (Lipinski definition) is 5. The van der Waals surface area contributed by atoms with Gasteiger partial charge in [-0.2, -0.15) is 13.2 Å². The minimum Gasteiger partial charge on any atom is -0.488 e. The van der Waals surface area contributed by atoms with Gasteiger partial charge in [-0.25, -0.2) is 8.42 Å². The van der Waals surface area contributed by atoms with Crippen LogP contribution in [-0.2, 0) is 16.2 Å². The van der Waals surface area contributed by atoms with E-state index in [4.69, 9.17) is 16.3 Å². The van der Waals surface area contributed by atoms with E-state index < -0.39 is 33.6 Å². The van der Waals surface area contributed by atoms with Crippen molar-refractivity contribution in [3.63, 3.8) is 0 Å². The first-order valence-corrected chi connectivity index (χ1v) is 13.3. The minimum absolute atomic E-state index is 0.0196. The number of rotatable bonds is 7. The van der Waals surface area contributed by atoms with Crippen LogP contribution in [0.15, 0.2) is 81.4 Å². The van der Waals surface area contributed by atoms with Crippen molar-refractivity contribution in [1.29, 1.82) is 0 Å². The molecule has 1 atom stereocenters. The monoisotopic (exact) mass is 542 g/mol. The Labute approximate surface area is 211 Å². The standard InChI is InChI=1S/C24H22ClF3N2O3S2/c1-30-13-12-17(15-30)33-22-14-16(6-11-20(22)24(26,27)28)29-35(31,32)19-9-7-18(8-10-19)34-23-5-3-2-4-21(23)25/h2-11,14,17,29H,12-13,15H2,1H3. The summed E-state index contributed by atoms with van der Waals surface area (Å²) in [6.45, 7) is 1.20. The number of benzene rings is 3. The fourth-order valence-corrected chi connectivity index (χ4v) is 5.78. The molecule has 1 unspecified atom stereocenters. The average Bonchev–Trinajstić information content (AvgIpc) is 3.19. The lowest BCUT2D eigenvalue weighted by molar-refractivity contribution is -0.139. The Bertz CT molecular complexity index is 1300. The van der Waals surface area contributed by atoms with Gasteiger partial charge in [0.15, 0.2) is 0 Å². The van der Waals surface area contributed by atoms with Crippen LogP contribution < -0.4 is 9.46 Å². The number of sulfonamides is 1. The van der Waals surface area contributed by atoms with E-state index >= 15 is 0 Å². The van der Waals surface area contributed by atoms with E-state index in [9.17, 15) is 21.6 Å². The molecule has 0 amide bonds. The van der Waals surface area contributed by atoms with Crippen molar-refractivity contribution < 1.29 is 26.3 Å². The van der Waals surface area contributed by atoms with Crippen LogP contribution in [0.5, 0.6) is 5.75 Å². The quantitative estimate of drug-likeness (QED) is 0.375. The number of halogens is 4. The van der Waals surface area contributed by atoms with Gasteiger partial charge in [-0.1, -0.05) is 35.5 Å². The maximum atomic E-state index is 13.5. The number of nitrogens with zero attached hydrogens (tertiary/aromatic N) is 1. The number of nitrogens with one attached hydrogen (secondary N) is 1. The molecule has 0 spiro atoms. The predicted molar refractivity (Wildman–Crippen MR) is 131 cm³/mol. The van der Waals surface area contributed by atoms with Crippen molar-refractivity contribution in [3.05, 3.63) is 77.3 Å². The second kappa shape index (κ2) is 10.3. The topological polar surface area (TPSA) is 58.6 Å². The molecule has 3 aromatic carbocycles. The van der Waals surface area contributed by atoms with Crippen molar-refractivity contribution >= 4 is 39.1 Å². The highest BCUT2D eigenvalue weighted by molar-refractivity contribution is 7.99. The summed E-state index contributed by atoms with van der Waals surface area (Å²) in [5.74, 6) is -0.399. The van der Waals surface area contributed by atoms with E-state index in [0.717, 1.165) is 28.0 Å². The third-order valence-corrected chi connectivity index (χ3v) is 8.30. The first-order chi connectivity index (χ1) is 16.5. The number of hydrogen-bond donors (Lipinski definition) is 1. The van der Waals surface area contributed by atoms with Crippen LogP contribution in [-0.4, -0.2) is 39.6 Å². The van der Waals surface area contributed by atoms with Crippen LogP contribution in [0.3, 0.4) is 0 Å². The predicted octanol–water partition coefficient (Wildman–Crippen LogP) is 6.39. The Hall–Kier alpha value is -2.40. The minimum atomic E-state index is -4.63. The van der Waals surface area contributed by atoms with Gasteiger partial charge in [0.1, 0.15) is 11.9 Å². The fraction of sp³-hybridized carbons (Fsp3) is 0.250. The summed E-state index contributed by atoms with van der Waals surface area (Å²) in [6.07, 6.45) is -4.45. The molecule has 1 aliphatic rings. The molecule has 0 aliphatic carbocycles. The molecule has 35 heavy (non-hydrogen) atoms. The van der Waals surface area contributed by atoms with Crippen LogP contribution in [0.25, 0.3) is 0 Å². The molecule has 0 radical (unpaired) electrons. The van der Waals surface area contributed by atoms with Gasteiger partial charge >= 0.3 is 6.18 Å². The SMILES string of the molecule is CN1CCC(Oc2cc(NS(=O)(=O)c3ccc(Sc4ccccc4Cl)cc3)ccc2C(F)(F)F)C1. The molecule has 4 rings (SSSR count). The van der Waals surface area contributed by atoms with Gasteiger partial charge in [-0.05, 0) is 62.0 Å². The van der Waals surface area contributed by atoms with E-state index in [0.29, 0.717) is 24.5 Å². The lowest BCUT2D eigenvalue weighted by Crippen LogP contribution is -2.23. The molecule has 1 heterocycles. The third-order valence-electron chi connectivity index (χ3n) is 5.38. The van der Waals surface area contributed by atoms with E-state index in [1.165, 1.54) is 23.9 Å². The molecule has 0 bridgehead atoms. The zero-order chi connectivity index (χ0) is 25.2. The largest absolute Gasteiger partial charge is 0.488 e. The molecule has 186 valence electrons. The highest BCUT2D eigenvalue weighted by Gasteiger charge is 2.36. The summed E-state index contributed by atoms with van der Waals surface area (Å²) in [5, 5.41) is 0.584. The molecule has 1 saturated heterocycles. The fourth-order valence-electron chi connectivity index (χ4n) is 3.64. The molecular formula is C24H22ClF3N2O3S2. The van der Waals surface area contributed by atoms with Crippen molar-refractivity contribution in [2.24, 2.45) is 0 Å². The van der Waals surface area contributed by atoms with Crippen LogP contribution in [0, 0.1) is 0 Å². The van der Waals surface area contributed by atoms with Gasteiger partial charge in [0.05, 0.1) is 21.2 Å². The van der Waals surface area contributed by atoms with Gasteiger partial charge in [0, 0.05) is 28.9 Å². The second-order valence-corrected chi connectivity index (χ2v) is 11.3. The van der Waals surface area contributed by atoms with E-state index in [1.807, 2.05) is 30.1 Å². The van der Waals surface area contributed by atoms with Gasteiger partial charge in [-0.3, -0.25) is 4.72 Å². The summed E-state index contributed by atoms with van der Waals surface area (Å²) in [4.78, 5) is 3.54. The maximum absolute atomic E-state index is 13.5. The summed E-state index contributed by atoms with van der Waals surface area (Å²) in [6, 6.07) is 16.4. The molecule has 0 saturated carbocycles. The molecule has 5 nitrogen and oxygen atoms in total.